The molecule has 0 unspecified atom stereocenters. The van der Waals surface area contributed by atoms with E-state index in [0.29, 0.717) is 6.04 Å². The van der Waals surface area contributed by atoms with Crippen LogP contribution in [-0.2, 0) is 6.42 Å². The highest BCUT2D eigenvalue weighted by Gasteiger charge is 2.18. The molecule has 0 atom stereocenters. The van der Waals surface area contributed by atoms with Gasteiger partial charge in [-0.1, -0.05) is 48.5 Å². The number of rotatable bonds is 3. The van der Waals surface area contributed by atoms with Gasteiger partial charge in [0.2, 0.25) is 0 Å². The molecule has 3 rings (SSSR count). The lowest BCUT2D eigenvalue weighted by Crippen LogP contribution is -2.40. The summed E-state index contributed by atoms with van der Waals surface area (Å²) in [4.78, 5) is 2.49. The van der Waals surface area contributed by atoms with E-state index in [1.807, 2.05) is 0 Å². The van der Waals surface area contributed by atoms with Gasteiger partial charge in [0.15, 0.2) is 0 Å². The van der Waals surface area contributed by atoms with E-state index in [9.17, 15) is 0 Å². The van der Waals surface area contributed by atoms with Gasteiger partial charge in [-0.25, -0.2) is 0 Å². The molecule has 104 valence electrons. The molecular formula is C18H22N2. The van der Waals surface area contributed by atoms with Crippen LogP contribution in [0.4, 0.5) is 5.69 Å². The Hall–Kier alpha value is -1.80. The predicted octanol–water partition coefficient (Wildman–Crippen LogP) is 3.20. The van der Waals surface area contributed by atoms with Crippen LogP contribution in [0.1, 0.15) is 24.0 Å². The molecule has 0 saturated carbocycles. The molecule has 1 aliphatic heterocycles. The standard InChI is InChI=1S/C18H22N2/c19-17-10-12-20(13-11-17)18-9-5-4-8-16(18)14-15-6-2-1-3-7-15/h1-9,17H,10-14,19H2. The highest BCUT2D eigenvalue weighted by Crippen LogP contribution is 2.25. The van der Waals surface area contributed by atoms with E-state index in [-0.39, 0.29) is 0 Å². The van der Waals surface area contributed by atoms with E-state index in [0.717, 1.165) is 32.4 Å². The molecule has 0 aromatic heterocycles. The van der Waals surface area contributed by atoms with Gasteiger partial charge in [-0.2, -0.15) is 0 Å². The normalized spacial score (nSPS) is 16.4. The summed E-state index contributed by atoms with van der Waals surface area (Å²) in [6.45, 7) is 2.15. The zero-order chi connectivity index (χ0) is 13.8. The topological polar surface area (TPSA) is 29.3 Å². The van der Waals surface area contributed by atoms with Gasteiger partial charge < -0.3 is 10.6 Å². The summed E-state index contributed by atoms with van der Waals surface area (Å²) in [6, 6.07) is 19.8. The summed E-state index contributed by atoms with van der Waals surface area (Å²) >= 11 is 0. The maximum Gasteiger partial charge on any atom is 0.0402 e. The summed E-state index contributed by atoms with van der Waals surface area (Å²) in [5.41, 5.74) is 10.2. The van der Waals surface area contributed by atoms with Crippen LogP contribution in [-0.4, -0.2) is 19.1 Å². The second-order valence-electron chi connectivity index (χ2n) is 5.62. The summed E-state index contributed by atoms with van der Waals surface area (Å²) in [5.74, 6) is 0. The van der Waals surface area contributed by atoms with Crippen molar-refractivity contribution in [1.29, 1.82) is 0 Å². The molecule has 1 heterocycles. The Kier molecular flexibility index (Phi) is 4.03. The van der Waals surface area contributed by atoms with E-state index >= 15 is 0 Å². The number of para-hydroxylation sites is 1. The minimum atomic E-state index is 0.382. The third kappa shape index (κ3) is 3.02. The van der Waals surface area contributed by atoms with Crippen LogP contribution in [0.5, 0.6) is 0 Å². The molecule has 2 aromatic rings. The molecule has 0 aliphatic carbocycles. The number of hydrogen-bond acceptors (Lipinski definition) is 2. The fourth-order valence-corrected chi connectivity index (χ4v) is 2.92. The molecule has 2 aromatic carbocycles. The van der Waals surface area contributed by atoms with Crippen LogP contribution in [0.2, 0.25) is 0 Å². The first-order chi connectivity index (χ1) is 9.83. The van der Waals surface area contributed by atoms with Gasteiger partial charge in [0, 0.05) is 24.8 Å². The van der Waals surface area contributed by atoms with E-state index < -0.39 is 0 Å². The maximum atomic E-state index is 6.01. The van der Waals surface area contributed by atoms with Crippen molar-refractivity contribution in [2.75, 3.05) is 18.0 Å². The number of anilines is 1. The highest BCUT2D eigenvalue weighted by molar-refractivity contribution is 5.55. The van der Waals surface area contributed by atoms with Crippen LogP contribution in [0.3, 0.4) is 0 Å². The van der Waals surface area contributed by atoms with Crippen molar-refractivity contribution in [2.45, 2.75) is 25.3 Å². The lowest BCUT2D eigenvalue weighted by Gasteiger charge is -2.33. The molecule has 0 spiro atoms. The molecule has 0 radical (unpaired) electrons. The number of hydrogen-bond donors (Lipinski definition) is 1. The van der Waals surface area contributed by atoms with Crippen molar-refractivity contribution in [3.05, 3.63) is 65.7 Å². The Bertz CT molecular complexity index is 542. The fraction of sp³-hybridized carbons (Fsp3) is 0.333. The van der Waals surface area contributed by atoms with Crippen LogP contribution in [0.15, 0.2) is 54.6 Å². The smallest absolute Gasteiger partial charge is 0.0402 e. The van der Waals surface area contributed by atoms with Crippen molar-refractivity contribution >= 4 is 5.69 Å². The largest absolute Gasteiger partial charge is 0.371 e. The Balaban J connectivity index is 1.81. The van der Waals surface area contributed by atoms with E-state index in [2.05, 4.69) is 59.5 Å². The SMILES string of the molecule is NC1CCN(c2ccccc2Cc2ccccc2)CC1. The van der Waals surface area contributed by atoms with Gasteiger partial charge in [-0.05, 0) is 36.5 Å². The zero-order valence-corrected chi connectivity index (χ0v) is 11.8. The molecule has 20 heavy (non-hydrogen) atoms. The zero-order valence-electron chi connectivity index (χ0n) is 11.8. The lowest BCUT2D eigenvalue weighted by molar-refractivity contribution is 0.500. The molecule has 1 aliphatic rings. The fourth-order valence-electron chi connectivity index (χ4n) is 2.92. The first kappa shape index (κ1) is 13.2. The Labute approximate surface area is 121 Å². The van der Waals surface area contributed by atoms with Gasteiger partial charge >= 0.3 is 0 Å². The van der Waals surface area contributed by atoms with Crippen LogP contribution < -0.4 is 10.6 Å². The third-order valence-electron chi connectivity index (χ3n) is 4.11. The van der Waals surface area contributed by atoms with Crippen LogP contribution in [0, 0.1) is 0 Å². The number of benzene rings is 2. The van der Waals surface area contributed by atoms with E-state index in [4.69, 9.17) is 5.73 Å². The average molecular weight is 266 g/mol. The minimum absolute atomic E-state index is 0.382. The monoisotopic (exact) mass is 266 g/mol. The van der Waals surface area contributed by atoms with Crippen molar-refractivity contribution in [1.82, 2.24) is 0 Å². The third-order valence-corrected chi connectivity index (χ3v) is 4.11. The van der Waals surface area contributed by atoms with Crippen molar-refractivity contribution in [2.24, 2.45) is 5.73 Å². The number of nitrogens with zero attached hydrogens (tertiary/aromatic N) is 1. The molecule has 2 heteroatoms. The predicted molar refractivity (Wildman–Crippen MR) is 85.1 cm³/mol. The van der Waals surface area contributed by atoms with Gasteiger partial charge in [0.1, 0.15) is 0 Å². The minimum Gasteiger partial charge on any atom is -0.371 e. The maximum absolute atomic E-state index is 6.01. The van der Waals surface area contributed by atoms with Gasteiger partial charge in [-0.15, -0.1) is 0 Å². The van der Waals surface area contributed by atoms with Crippen molar-refractivity contribution < 1.29 is 0 Å². The summed E-state index contributed by atoms with van der Waals surface area (Å²) in [6.07, 6.45) is 3.19. The van der Waals surface area contributed by atoms with Crippen LogP contribution >= 0.6 is 0 Å². The van der Waals surface area contributed by atoms with Crippen molar-refractivity contribution in [3.63, 3.8) is 0 Å². The second-order valence-corrected chi connectivity index (χ2v) is 5.62. The molecule has 0 bridgehead atoms. The molecule has 1 fully saturated rings. The number of nitrogens with two attached hydrogens (primary N) is 1. The van der Waals surface area contributed by atoms with Gasteiger partial charge in [-0.3, -0.25) is 0 Å². The van der Waals surface area contributed by atoms with Crippen LogP contribution in [0.25, 0.3) is 0 Å². The quantitative estimate of drug-likeness (QED) is 0.924. The summed E-state index contributed by atoms with van der Waals surface area (Å²) < 4.78 is 0. The van der Waals surface area contributed by atoms with E-state index in [1.165, 1.54) is 16.8 Å². The molecule has 2 N–H and O–H groups in total. The summed E-state index contributed by atoms with van der Waals surface area (Å²) in [7, 11) is 0. The molecule has 0 amide bonds. The first-order valence-electron chi connectivity index (χ1n) is 7.45. The second kappa shape index (κ2) is 6.10. The average Bonchev–Trinajstić information content (AvgIpc) is 2.50. The lowest BCUT2D eigenvalue weighted by atomic mass is 10.00. The summed E-state index contributed by atoms with van der Waals surface area (Å²) in [5, 5.41) is 0. The Morgan fingerprint density at radius 3 is 2.30 bits per heavy atom. The first-order valence-corrected chi connectivity index (χ1v) is 7.45. The highest BCUT2D eigenvalue weighted by atomic mass is 15.1. The molecule has 2 nitrogen and oxygen atoms in total. The van der Waals surface area contributed by atoms with Gasteiger partial charge in [0.05, 0.1) is 0 Å². The number of piperidine rings is 1. The Morgan fingerprint density at radius 2 is 1.55 bits per heavy atom. The molecular weight excluding hydrogens is 244 g/mol. The van der Waals surface area contributed by atoms with E-state index in [1.54, 1.807) is 0 Å². The van der Waals surface area contributed by atoms with Gasteiger partial charge in [0.25, 0.3) is 0 Å². The van der Waals surface area contributed by atoms with Crippen molar-refractivity contribution in [3.8, 4) is 0 Å². The molecule has 1 saturated heterocycles. The Morgan fingerprint density at radius 1 is 0.900 bits per heavy atom.